The Kier molecular flexibility index (Phi) is 5.59. The van der Waals surface area contributed by atoms with Crippen LogP contribution in [0.2, 0.25) is 0 Å². The van der Waals surface area contributed by atoms with Crippen molar-refractivity contribution in [3.05, 3.63) is 23.5 Å². The van der Waals surface area contributed by atoms with Gasteiger partial charge in [0.1, 0.15) is 5.75 Å². The fourth-order valence-corrected chi connectivity index (χ4v) is 4.27. The lowest BCUT2D eigenvalue weighted by molar-refractivity contribution is -0.122. The number of hydrogen-bond donors (Lipinski definition) is 2. The molecule has 0 spiro atoms. The first-order valence-corrected chi connectivity index (χ1v) is 9.49. The molecule has 7 nitrogen and oxygen atoms in total. The summed E-state index contributed by atoms with van der Waals surface area (Å²) in [6, 6.07) is 3.02. The van der Waals surface area contributed by atoms with Crippen molar-refractivity contribution in [2.24, 2.45) is 0 Å². The molecule has 23 heavy (non-hydrogen) atoms. The van der Waals surface area contributed by atoms with E-state index in [0.717, 1.165) is 5.69 Å². The van der Waals surface area contributed by atoms with Gasteiger partial charge in [0.05, 0.1) is 23.7 Å². The first kappa shape index (κ1) is 17.7. The zero-order valence-corrected chi connectivity index (χ0v) is 14.3. The topological polar surface area (TPSA) is 99.6 Å². The summed E-state index contributed by atoms with van der Waals surface area (Å²) in [5, 5.41) is 12.6. The molecule has 1 aromatic rings. The molecular formula is C15H23N3O4S. The van der Waals surface area contributed by atoms with E-state index in [-0.39, 0.29) is 35.7 Å². The van der Waals surface area contributed by atoms with Gasteiger partial charge in [0.2, 0.25) is 5.91 Å². The molecule has 1 saturated heterocycles. The van der Waals surface area contributed by atoms with Crippen LogP contribution in [-0.4, -0.2) is 60.0 Å². The molecule has 1 aliphatic heterocycles. The fourth-order valence-electron chi connectivity index (χ4n) is 2.60. The highest BCUT2D eigenvalue weighted by atomic mass is 32.2. The molecule has 1 aromatic heterocycles. The molecule has 0 bridgehead atoms. The lowest BCUT2D eigenvalue weighted by atomic mass is 10.2. The van der Waals surface area contributed by atoms with Crippen LogP contribution >= 0.6 is 0 Å². The van der Waals surface area contributed by atoms with Gasteiger partial charge in [0.15, 0.2) is 9.84 Å². The van der Waals surface area contributed by atoms with Crippen LogP contribution in [0.15, 0.2) is 12.1 Å². The number of carbonyl (C=O) groups is 1. The smallest absolute Gasteiger partial charge is 0.234 e. The Balaban J connectivity index is 1.91. The predicted octanol–water partition coefficient (Wildman–Crippen LogP) is 0.221. The standard InChI is InChI=1S/C15H23N3O4S/c1-3-18(8-13-14(19)5-4-11(2)16-13)9-15(20)17-12-6-7-23(21,22)10-12/h4-5,12,19H,3,6-10H2,1-2H3,(H,17,20). The molecular weight excluding hydrogens is 318 g/mol. The van der Waals surface area contributed by atoms with Gasteiger partial charge in [0, 0.05) is 18.3 Å². The van der Waals surface area contributed by atoms with E-state index in [0.29, 0.717) is 25.2 Å². The van der Waals surface area contributed by atoms with Crippen LogP contribution < -0.4 is 5.32 Å². The molecule has 2 rings (SSSR count). The van der Waals surface area contributed by atoms with Crippen molar-refractivity contribution in [3.63, 3.8) is 0 Å². The Hall–Kier alpha value is -1.67. The van der Waals surface area contributed by atoms with Gasteiger partial charge in [-0.3, -0.25) is 14.7 Å². The number of nitrogens with zero attached hydrogens (tertiary/aromatic N) is 2. The average Bonchev–Trinajstić information content (AvgIpc) is 2.80. The highest BCUT2D eigenvalue weighted by Gasteiger charge is 2.29. The lowest BCUT2D eigenvalue weighted by Crippen LogP contribution is -2.42. The van der Waals surface area contributed by atoms with Gasteiger partial charge in [-0.05, 0) is 32.0 Å². The van der Waals surface area contributed by atoms with E-state index in [1.807, 2.05) is 18.7 Å². The normalized spacial score (nSPS) is 19.9. The van der Waals surface area contributed by atoms with E-state index in [9.17, 15) is 18.3 Å². The summed E-state index contributed by atoms with van der Waals surface area (Å²) in [7, 11) is -3.01. The van der Waals surface area contributed by atoms with E-state index in [1.165, 1.54) is 0 Å². The second-order valence-corrected chi connectivity index (χ2v) is 8.12. The second-order valence-electron chi connectivity index (χ2n) is 5.89. The Bertz CT molecular complexity index is 675. The molecule has 1 aliphatic rings. The molecule has 1 amide bonds. The third kappa shape index (κ3) is 5.18. The van der Waals surface area contributed by atoms with Crippen molar-refractivity contribution in [3.8, 4) is 5.75 Å². The first-order valence-electron chi connectivity index (χ1n) is 7.66. The summed E-state index contributed by atoms with van der Waals surface area (Å²) in [6.07, 6.45) is 0.473. The number of rotatable bonds is 6. The van der Waals surface area contributed by atoms with Crippen LogP contribution in [-0.2, 0) is 21.2 Å². The first-order chi connectivity index (χ1) is 10.8. The zero-order chi connectivity index (χ0) is 17.0. The number of aryl methyl sites for hydroxylation is 1. The molecule has 0 aliphatic carbocycles. The molecule has 1 unspecified atom stereocenters. The summed E-state index contributed by atoms with van der Waals surface area (Å²) in [4.78, 5) is 18.2. The van der Waals surface area contributed by atoms with Gasteiger partial charge >= 0.3 is 0 Å². The molecule has 128 valence electrons. The second kappa shape index (κ2) is 7.27. The van der Waals surface area contributed by atoms with Gasteiger partial charge in [-0.15, -0.1) is 0 Å². The minimum Gasteiger partial charge on any atom is -0.506 e. The number of aromatic nitrogens is 1. The SMILES string of the molecule is CCN(CC(=O)NC1CCS(=O)(=O)C1)Cc1nc(C)ccc1O. The average molecular weight is 341 g/mol. The quantitative estimate of drug-likeness (QED) is 0.768. The molecule has 0 radical (unpaired) electrons. The van der Waals surface area contributed by atoms with E-state index in [1.54, 1.807) is 12.1 Å². The summed E-state index contributed by atoms with van der Waals surface area (Å²) >= 11 is 0. The van der Waals surface area contributed by atoms with Gasteiger partial charge in [-0.1, -0.05) is 6.92 Å². The van der Waals surface area contributed by atoms with Crippen LogP contribution in [0.3, 0.4) is 0 Å². The van der Waals surface area contributed by atoms with Gasteiger partial charge < -0.3 is 10.4 Å². The molecule has 1 atom stereocenters. The summed E-state index contributed by atoms with van der Waals surface area (Å²) in [5.41, 5.74) is 1.33. The summed E-state index contributed by atoms with van der Waals surface area (Å²) in [5.74, 6) is 0.0548. The van der Waals surface area contributed by atoms with Crippen molar-refractivity contribution in [1.29, 1.82) is 0 Å². The van der Waals surface area contributed by atoms with E-state index < -0.39 is 9.84 Å². The number of pyridine rings is 1. The number of nitrogens with one attached hydrogen (secondary N) is 1. The molecule has 2 heterocycles. The number of carbonyl (C=O) groups excluding carboxylic acids is 1. The van der Waals surface area contributed by atoms with Crippen molar-refractivity contribution in [2.75, 3.05) is 24.6 Å². The number of aromatic hydroxyl groups is 1. The summed E-state index contributed by atoms with van der Waals surface area (Å²) < 4.78 is 22.8. The number of sulfone groups is 1. The van der Waals surface area contributed by atoms with Crippen LogP contribution in [0, 0.1) is 6.92 Å². The monoisotopic (exact) mass is 341 g/mol. The maximum Gasteiger partial charge on any atom is 0.234 e. The molecule has 1 fully saturated rings. The number of likely N-dealkylation sites (N-methyl/N-ethyl adjacent to an activating group) is 1. The van der Waals surface area contributed by atoms with Gasteiger partial charge in [-0.25, -0.2) is 8.42 Å². The maximum atomic E-state index is 12.1. The minimum atomic E-state index is -3.01. The molecule has 0 aromatic carbocycles. The Morgan fingerprint density at radius 2 is 2.22 bits per heavy atom. The molecule has 2 N–H and O–H groups in total. The maximum absolute atomic E-state index is 12.1. The highest BCUT2D eigenvalue weighted by Crippen LogP contribution is 2.17. The Morgan fingerprint density at radius 3 is 2.83 bits per heavy atom. The third-order valence-electron chi connectivity index (χ3n) is 3.87. The van der Waals surface area contributed by atoms with Crippen molar-refractivity contribution in [2.45, 2.75) is 32.9 Å². The predicted molar refractivity (Wildman–Crippen MR) is 86.8 cm³/mol. The minimum absolute atomic E-state index is 0.0189. The lowest BCUT2D eigenvalue weighted by Gasteiger charge is -2.21. The Morgan fingerprint density at radius 1 is 1.48 bits per heavy atom. The van der Waals surface area contributed by atoms with Gasteiger partial charge in [0.25, 0.3) is 0 Å². The third-order valence-corrected chi connectivity index (χ3v) is 5.64. The van der Waals surface area contributed by atoms with Crippen LogP contribution in [0.5, 0.6) is 5.75 Å². The van der Waals surface area contributed by atoms with Gasteiger partial charge in [-0.2, -0.15) is 0 Å². The number of hydrogen-bond acceptors (Lipinski definition) is 6. The largest absolute Gasteiger partial charge is 0.506 e. The van der Waals surface area contributed by atoms with Crippen LogP contribution in [0.4, 0.5) is 0 Å². The zero-order valence-electron chi connectivity index (χ0n) is 13.4. The van der Waals surface area contributed by atoms with Crippen molar-refractivity contribution >= 4 is 15.7 Å². The Labute approximate surface area is 136 Å². The van der Waals surface area contributed by atoms with E-state index in [4.69, 9.17) is 0 Å². The van der Waals surface area contributed by atoms with E-state index in [2.05, 4.69) is 10.3 Å². The molecule has 0 saturated carbocycles. The summed E-state index contributed by atoms with van der Waals surface area (Å²) in [6.45, 7) is 4.88. The van der Waals surface area contributed by atoms with E-state index >= 15 is 0 Å². The fraction of sp³-hybridized carbons (Fsp3) is 0.600. The van der Waals surface area contributed by atoms with Crippen LogP contribution in [0.25, 0.3) is 0 Å². The highest BCUT2D eigenvalue weighted by molar-refractivity contribution is 7.91. The number of amides is 1. The van der Waals surface area contributed by atoms with Crippen molar-refractivity contribution in [1.82, 2.24) is 15.2 Å². The van der Waals surface area contributed by atoms with Crippen LogP contribution in [0.1, 0.15) is 24.7 Å². The van der Waals surface area contributed by atoms with Crippen molar-refractivity contribution < 1.29 is 18.3 Å². The molecule has 8 heteroatoms.